The Hall–Kier alpha value is -1.88. The van der Waals surface area contributed by atoms with Gasteiger partial charge < -0.3 is 9.42 Å². The molecule has 98 valence electrons. The van der Waals surface area contributed by atoms with Crippen LogP contribution in [-0.2, 0) is 11.3 Å². The van der Waals surface area contributed by atoms with Crippen LogP contribution in [0.25, 0.3) is 11.5 Å². The van der Waals surface area contributed by atoms with Crippen molar-refractivity contribution in [1.82, 2.24) is 15.0 Å². The molecule has 0 saturated carbocycles. The average Bonchev–Trinajstić information content (AvgIpc) is 3.01. The van der Waals surface area contributed by atoms with E-state index in [9.17, 15) is 4.79 Å². The van der Waals surface area contributed by atoms with Crippen LogP contribution in [0.5, 0.6) is 0 Å². The van der Waals surface area contributed by atoms with Gasteiger partial charge in [-0.1, -0.05) is 28.9 Å². The summed E-state index contributed by atoms with van der Waals surface area (Å²) in [6, 6.07) is 7.28. The maximum absolute atomic E-state index is 11.5. The molecule has 0 bridgehead atoms. The zero-order valence-electron chi connectivity index (χ0n) is 10.2. The lowest BCUT2D eigenvalue weighted by atomic mass is 10.2. The molecule has 1 fully saturated rings. The van der Waals surface area contributed by atoms with Gasteiger partial charge in [0.15, 0.2) is 5.82 Å². The Labute approximate surface area is 115 Å². The Balaban J connectivity index is 1.80. The molecule has 0 aliphatic carbocycles. The van der Waals surface area contributed by atoms with Crippen LogP contribution < -0.4 is 0 Å². The quantitative estimate of drug-likeness (QED) is 0.865. The highest BCUT2D eigenvalue weighted by Crippen LogP contribution is 2.26. The van der Waals surface area contributed by atoms with E-state index in [-0.39, 0.29) is 5.91 Å². The third-order valence-electron chi connectivity index (χ3n) is 3.08. The number of likely N-dealkylation sites (tertiary alicyclic amines) is 1. The summed E-state index contributed by atoms with van der Waals surface area (Å²) < 4.78 is 5.19. The second-order valence-corrected chi connectivity index (χ2v) is 4.82. The lowest BCUT2D eigenvalue weighted by Gasteiger charge is -2.11. The van der Waals surface area contributed by atoms with Crippen LogP contribution in [0, 0.1) is 0 Å². The highest BCUT2D eigenvalue weighted by molar-refractivity contribution is 6.33. The second-order valence-electron chi connectivity index (χ2n) is 4.41. The Morgan fingerprint density at radius 3 is 2.95 bits per heavy atom. The van der Waals surface area contributed by atoms with Gasteiger partial charge in [0.1, 0.15) is 0 Å². The van der Waals surface area contributed by atoms with Crippen LogP contribution >= 0.6 is 11.6 Å². The molecule has 6 heteroatoms. The van der Waals surface area contributed by atoms with E-state index < -0.39 is 0 Å². The fraction of sp³-hybridized carbons (Fsp3) is 0.308. The smallest absolute Gasteiger partial charge is 0.259 e. The molecule has 1 aromatic heterocycles. The van der Waals surface area contributed by atoms with Gasteiger partial charge in [-0.05, 0) is 18.6 Å². The molecule has 1 amide bonds. The van der Waals surface area contributed by atoms with Crippen molar-refractivity contribution in [2.45, 2.75) is 19.4 Å². The van der Waals surface area contributed by atoms with Gasteiger partial charge in [0, 0.05) is 13.0 Å². The topological polar surface area (TPSA) is 59.2 Å². The van der Waals surface area contributed by atoms with Gasteiger partial charge >= 0.3 is 0 Å². The van der Waals surface area contributed by atoms with Crippen molar-refractivity contribution < 1.29 is 9.32 Å². The highest BCUT2D eigenvalue weighted by atomic mass is 35.5. The number of amides is 1. The maximum atomic E-state index is 11.5. The number of benzene rings is 1. The summed E-state index contributed by atoms with van der Waals surface area (Å²) >= 11 is 6.07. The molecule has 0 unspecified atom stereocenters. The minimum absolute atomic E-state index is 0.143. The molecular formula is C13H12ClN3O2. The summed E-state index contributed by atoms with van der Waals surface area (Å²) in [5.74, 6) is 1.03. The lowest BCUT2D eigenvalue weighted by molar-refractivity contribution is -0.128. The van der Waals surface area contributed by atoms with Gasteiger partial charge in [-0.3, -0.25) is 4.79 Å². The SMILES string of the molecule is O=C1CCCN1Cc1noc(-c2ccccc2Cl)n1. The second kappa shape index (κ2) is 5.01. The molecule has 0 spiro atoms. The van der Waals surface area contributed by atoms with Crippen LogP contribution in [0.3, 0.4) is 0 Å². The van der Waals surface area contributed by atoms with Crippen molar-refractivity contribution in [2.75, 3.05) is 6.54 Å². The Morgan fingerprint density at radius 1 is 1.37 bits per heavy atom. The van der Waals surface area contributed by atoms with E-state index >= 15 is 0 Å². The zero-order chi connectivity index (χ0) is 13.2. The number of carbonyl (C=O) groups is 1. The zero-order valence-corrected chi connectivity index (χ0v) is 10.9. The van der Waals surface area contributed by atoms with E-state index in [1.54, 1.807) is 11.0 Å². The first-order valence-corrected chi connectivity index (χ1v) is 6.47. The van der Waals surface area contributed by atoms with Gasteiger partial charge in [0.25, 0.3) is 5.89 Å². The molecule has 0 atom stereocenters. The van der Waals surface area contributed by atoms with E-state index in [1.165, 1.54) is 0 Å². The van der Waals surface area contributed by atoms with Crippen molar-refractivity contribution >= 4 is 17.5 Å². The molecule has 1 aliphatic heterocycles. The predicted molar refractivity (Wildman–Crippen MR) is 69.4 cm³/mol. The van der Waals surface area contributed by atoms with E-state index in [1.807, 2.05) is 18.2 Å². The molecular weight excluding hydrogens is 266 g/mol. The summed E-state index contributed by atoms with van der Waals surface area (Å²) in [5, 5.41) is 4.46. The van der Waals surface area contributed by atoms with Gasteiger partial charge in [0.05, 0.1) is 17.1 Å². The molecule has 1 aliphatic rings. The van der Waals surface area contributed by atoms with Gasteiger partial charge in [-0.2, -0.15) is 4.98 Å². The van der Waals surface area contributed by atoms with E-state index in [0.29, 0.717) is 35.3 Å². The van der Waals surface area contributed by atoms with Crippen molar-refractivity contribution in [3.8, 4) is 11.5 Å². The van der Waals surface area contributed by atoms with Gasteiger partial charge in [0.2, 0.25) is 5.91 Å². The van der Waals surface area contributed by atoms with Crippen molar-refractivity contribution in [1.29, 1.82) is 0 Å². The molecule has 5 nitrogen and oxygen atoms in total. The fourth-order valence-corrected chi connectivity index (χ4v) is 2.32. The molecule has 1 saturated heterocycles. The van der Waals surface area contributed by atoms with E-state index in [0.717, 1.165) is 13.0 Å². The molecule has 0 N–H and O–H groups in total. The summed E-state index contributed by atoms with van der Waals surface area (Å²) in [4.78, 5) is 17.5. The summed E-state index contributed by atoms with van der Waals surface area (Å²) in [5.41, 5.74) is 0.704. The van der Waals surface area contributed by atoms with Gasteiger partial charge in [-0.25, -0.2) is 0 Å². The molecule has 2 heterocycles. The third kappa shape index (κ3) is 2.46. The van der Waals surface area contributed by atoms with Crippen molar-refractivity contribution in [3.05, 3.63) is 35.1 Å². The minimum Gasteiger partial charge on any atom is -0.335 e. The maximum Gasteiger partial charge on any atom is 0.259 e. The normalized spacial score (nSPS) is 15.2. The Morgan fingerprint density at radius 2 is 2.21 bits per heavy atom. The van der Waals surface area contributed by atoms with Crippen molar-refractivity contribution in [3.63, 3.8) is 0 Å². The van der Waals surface area contributed by atoms with Crippen LogP contribution in [0.2, 0.25) is 5.02 Å². The van der Waals surface area contributed by atoms with Crippen LogP contribution in [0.4, 0.5) is 0 Å². The molecule has 1 aromatic carbocycles. The average molecular weight is 278 g/mol. The van der Waals surface area contributed by atoms with E-state index in [4.69, 9.17) is 16.1 Å². The number of hydrogen-bond acceptors (Lipinski definition) is 4. The molecule has 0 radical (unpaired) electrons. The number of rotatable bonds is 3. The third-order valence-corrected chi connectivity index (χ3v) is 3.41. The molecule has 2 aromatic rings. The summed E-state index contributed by atoms with van der Waals surface area (Å²) in [6.45, 7) is 1.15. The molecule has 19 heavy (non-hydrogen) atoms. The largest absolute Gasteiger partial charge is 0.335 e. The van der Waals surface area contributed by atoms with Crippen LogP contribution in [0.1, 0.15) is 18.7 Å². The number of nitrogens with zero attached hydrogens (tertiary/aromatic N) is 3. The fourth-order valence-electron chi connectivity index (χ4n) is 2.10. The predicted octanol–water partition coefficient (Wildman–Crippen LogP) is 2.51. The number of carbonyl (C=O) groups excluding carboxylic acids is 1. The Bertz CT molecular complexity index is 611. The first kappa shape index (κ1) is 12.2. The molecule has 3 rings (SSSR count). The van der Waals surface area contributed by atoms with Gasteiger partial charge in [-0.15, -0.1) is 0 Å². The minimum atomic E-state index is 0.143. The van der Waals surface area contributed by atoms with E-state index in [2.05, 4.69) is 10.1 Å². The monoisotopic (exact) mass is 277 g/mol. The number of aromatic nitrogens is 2. The summed E-state index contributed by atoms with van der Waals surface area (Å²) in [7, 11) is 0. The van der Waals surface area contributed by atoms with Crippen molar-refractivity contribution in [2.24, 2.45) is 0 Å². The first-order chi connectivity index (χ1) is 9.24. The lowest BCUT2D eigenvalue weighted by Crippen LogP contribution is -2.24. The summed E-state index contributed by atoms with van der Waals surface area (Å²) in [6.07, 6.45) is 1.50. The standard InChI is InChI=1S/C13H12ClN3O2/c14-10-5-2-1-4-9(10)13-15-11(16-19-13)8-17-7-3-6-12(17)18/h1-2,4-5H,3,6-8H2. The Kier molecular flexibility index (Phi) is 3.21. The van der Waals surface area contributed by atoms with Crippen LogP contribution in [0.15, 0.2) is 28.8 Å². The highest BCUT2D eigenvalue weighted by Gasteiger charge is 2.22. The number of halogens is 1. The number of hydrogen-bond donors (Lipinski definition) is 0. The van der Waals surface area contributed by atoms with Crippen LogP contribution in [-0.4, -0.2) is 27.5 Å². The first-order valence-electron chi connectivity index (χ1n) is 6.09.